The molecule has 3 rings (SSSR count). The van der Waals surface area contributed by atoms with Crippen LogP contribution in [0.2, 0.25) is 0 Å². The molecule has 220 valence electrons. The zero-order chi connectivity index (χ0) is 30.0. The molecule has 8 heteroatoms. The summed E-state index contributed by atoms with van der Waals surface area (Å²) in [5.74, 6) is -0.414. The molecule has 41 heavy (non-hydrogen) atoms. The second kappa shape index (κ2) is 14.8. The van der Waals surface area contributed by atoms with Gasteiger partial charge in [-0.05, 0) is 61.1 Å². The van der Waals surface area contributed by atoms with Gasteiger partial charge in [0.05, 0.1) is 10.6 Å². The van der Waals surface area contributed by atoms with Crippen LogP contribution in [0.15, 0.2) is 83.8 Å². The SMILES string of the molecule is CCCCNC(=O)[C@H](CC)N(Cc1cccc(C)c1)C(=O)CN(c1ccc(C(C)C)cc1)S(=O)(=O)c1ccccc1. The molecule has 3 aromatic carbocycles. The number of carbonyl (C=O) groups is 2. The van der Waals surface area contributed by atoms with Gasteiger partial charge in [0.1, 0.15) is 12.6 Å². The lowest BCUT2D eigenvalue weighted by atomic mass is 10.0. The maximum atomic E-state index is 14.1. The largest absolute Gasteiger partial charge is 0.354 e. The number of benzene rings is 3. The number of carbonyl (C=O) groups excluding carboxylic acids is 2. The lowest BCUT2D eigenvalue weighted by Gasteiger charge is -2.33. The summed E-state index contributed by atoms with van der Waals surface area (Å²) in [6.07, 6.45) is 2.17. The molecule has 0 aromatic heterocycles. The minimum absolute atomic E-state index is 0.0929. The minimum atomic E-state index is -4.08. The van der Waals surface area contributed by atoms with E-state index in [1.165, 1.54) is 17.0 Å². The van der Waals surface area contributed by atoms with Crippen molar-refractivity contribution in [2.75, 3.05) is 17.4 Å². The van der Waals surface area contributed by atoms with Gasteiger partial charge in [0.2, 0.25) is 11.8 Å². The van der Waals surface area contributed by atoms with Crippen molar-refractivity contribution >= 4 is 27.5 Å². The van der Waals surface area contributed by atoms with Gasteiger partial charge in [0.15, 0.2) is 0 Å². The molecule has 0 aliphatic carbocycles. The third-order valence-electron chi connectivity index (χ3n) is 7.11. The summed E-state index contributed by atoms with van der Waals surface area (Å²) in [7, 11) is -4.08. The summed E-state index contributed by atoms with van der Waals surface area (Å²) >= 11 is 0. The van der Waals surface area contributed by atoms with E-state index < -0.39 is 28.5 Å². The Balaban J connectivity index is 2.04. The first kappa shape index (κ1) is 31.9. The molecule has 2 amide bonds. The third-order valence-corrected chi connectivity index (χ3v) is 8.90. The molecule has 0 fully saturated rings. The Morgan fingerprint density at radius 2 is 1.59 bits per heavy atom. The Morgan fingerprint density at radius 3 is 2.17 bits per heavy atom. The number of sulfonamides is 1. The van der Waals surface area contributed by atoms with Gasteiger partial charge in [-0.2, -0.15) is 0 Å². The number of rotatable bonds is 14. The smallest absolute Gasteiger partial charge is 0.264 e. The third kappa shape index (κ3) is 8.43. The summed E-state index contributed by atoms with van der Waals surface area (Å²) in [5.41, 5.74) is 3.36. The van der Waals surface area contributed by atoms with Crippen LogP contribution < -0.4 is 9.62 Å². The molecule has 0 heterocycles. The van der Waals surface area contributed by atoms with Gasteiger partial charge in [0.25, 0.3) is 10.0 Å². The fourth-order valence-electron chi connectivity index (χ4n) is 4.71. The summed E-state index contributed by atoms with van der Waals surface area (Å²) in [6.45, 7) is 10.3. The van der Waals surface area contributed by atoms with Crippen molar-refractivity contribution < 1.29 is 18.0 Å². The van der Waals surface area contributed by atoms with Gasteiger partial charge < -0.3 is 10.2 Å². The Bertz CT molecular complexity index is 1390. The number of hydrogen-bond acceptors (Lipinski definition) is 4. The Labute approximate surface area is 245 Å². The second-order valence-electron chi connectivity index (χ2n) is 10.7. The highest BCUT2D eigenvalue weighted by Crippen LogP contribution is 2.27. The predicted octanol–water partition coefficient (Wildman–Crippen LogP) is 6.04. The zero-order valence-corrected chi connectivity index (χ0v) is 25.7. The molecular formula is C33H43N3O4S. The van der Waals surface area contributed by atoms with Crippen LogP contribution in [-0.4, -0.2) is 44.3 Å². The van der Waals surface area contributed by atoms with E-state index in [9.17, 15) is 18.0 Å². The van der Waals surface area contributed by atoms with Crippen molar-refractivity contribution in [3.05, 3.63) is 95.6 Å². The minimum Gasteiger partial charge on any atom is -0.354 e. The van der Waals surface area contributed by atoms with E-state index in [0.717, 1.165) is 33.8 Å². The van der Waals surface area contributed by atoms with Crippen LogP contribution in [0.25, 0.3) is 0 Å². The number of hydrogen-bond donors (Lipinski definition) is 1. The normalized spacial score (nSPS) is 12.1. The molecule has 0 radical (unpaired) electrons. The molecule has 0 spiro atoms. The highest BCUT2D eigenvalue weighted by molar-refractivity contribution is 7.92. The first-order chi connectivity index (χ1) is 19.6. The first-order valence-corrected chi connectivity index (χ1v) is 15.8. The van der Waals surface area contributed by atoms with Crippen molar-refractivity contribution in [1.29, 1.82) is 0 Å². The van der Waals surface area contributed by atoms with Crippen molar-refractivity contribution in [3.63, 3.8) is 0 Å². The van der Waals surface area contributed by atoms with Gasteiger partial charge in [0, 0.05) is 13.1 Å². The quantitative estimate of drug-likeness (QED) is 0.237. The van der Waals surface area contributed by atoms with Crippen LogP contribution in [0.3, 0.4) is 0 Å². The fourth-order valence-corrected chi connectivity index (χ4v) is 6.14. The summed E-state index contributed by atoms with van der Waals surface area (Å²) < 4.78 is 29.0. The molecule has 1 atom stereocenters. The Kier molecular flexibility index (Phi) is 11.5. The molecule has 0 bridgehead atoms. The molecule has 0 saturated carbocycles. The van der Waals surface area contributed by atoms with Crippen LogP contribution in [0, 0.1) is 6.92 Å². The number of nitrogens with one attached hydrogen (secondary N) is 1. The van der Waals surface area contributed by atoms with Crippen molar-refractivity contribution in [3.8, 4) is 0 Å². The lowest BCUT2D eigenvalue weighted by Crippen LogP contribution is -2.52. The zero-order valence-electron chi connectivity index (χ0n) is 24.8. The highest BCUT2D eigenvalue weighted by Gasteiger charge is 2.33. The van der Waals surface area contributed by atoms with Crippen molar-refractivity contribution in [2.45, 2.75) is 77.3 Å². The Morgan fingerprint density at radius 1 is 0.902 bits per heavy atom. The average molecular weight is 578 g/mol. The van der Waals surface area contributed by atoms with Crippen LogP contribution in [0.1, 0.15) is 69.6 Å². The summed E-state index contributed by atoms with van der Waals surface area (Å²) in [5, 5.41) is 2.96. The van der Waals surface area contributed by atoms with E-state index in [1.54, 1.807) is 30.3 Å². The molecule has 0 aliphatic heterocycles. The maximum absolute atomic E-state index is 14.1. The van der Waals surface area contributed by atoms with Gasteiger partial charge in [-0.25, -0.2) is 8.42 Å². The molecule has 7 nitrogen and oxygen atoms in total. The molecule has 1 N–H and O–H groups in total. The van der Waals surface area contributed by atoms with Crippen LogP contribution in [0.4, 0.5) is 5.69 Å². The highest BCUT2D eigenvalue weighted by atomic mass is 32.2. The van der Waals surface area contributed by atoms with E-state index in [4.69, 9.17) is 0 Å². The fraction of sp³-hybridized carbons (Fsp3) is 0.394. The number of aryl methyl sites for hydroxylation is 1. The molecule has 0 unspecified atom stereocenters. The van der Waals surface area contributed by atoms with E-state index >= 15 is 0 Å². The monoisotopic (exact) mass is 577 g/mol. The summed E-state index contributed by atoms with van der Waals surface area (Å²) in [4.78, 5) is 29.0. The standard InChI is InChI=1S/C33H43N3O4S/c1-6-8-21-34-33(38)31(7-2)35(23-27-14-12-13-26(5)22-27)32(37)24-36(29-19-17-28(18-20-29)25(3)4)41(39,40)30-15-10-9-11-16-30/h9-20,22,25,31H,6-8,21,23-24H2,1-5H3,(H,34,38)/t31-/m0/s1. The van der Waals surface area contributed by atoms with Crippen LogP contribution >= 0.6 is 0 Å². The van der Waals surface area contributed by atoms with Crippen LogP contribution in [-0.2, 0) is 26.2 Å². The number of nitrogens with zero attached hydrogens (tertiary/aromatic N) is 2. The number of anilines is 1. The van der Waals surface area contributed by atoms with E-state index in [1.807, 2.05) is 57.2 Å². The second-order valence-corrected chi connectivity index (χ2v) is 12.5. The van der Waals surface area contributed by atoms with E-state index in [-0.39, 0.29) is 23.3 Å². The Hall–Kier alpha value is -3.65. The predicted molar refractivity (Wildman–Crippen MR) is 165 cm³/mol. The summed E-state index contributed by atoms with van der Waals surface area (Å²) in [6, 6.07) is 22.4. The molecular weight excluding hydrogens is 534 g/mol. The first-order valence-electron chi connectivity index (χ1n) is 14.4. The van der Waals surface area contributed by atoms with Gasteiger partial charge >= 0.3 is 0 Å². The number of unbranched alkanes of at least 4 members (excludes halogenated alkanes) is 1. The average Bonchev–Trinajstić information content (AvgIpc) is 2.96. The lowest BCUT2D eigenvalue weighted by molar-refractivity contribution is -0.140. The molecule has 0 saturated heterocycles. The molecule has 3 aromatic rings. The number of amides is 2. The maximum Gasteiger partial charge on any atom is 0.264 e. The van der Waals surface area contributed by atoms with Gasteiger partial charge in [-0.15, -0.1) is 0 Å². The van der Waals surface area contributed by atoms with E-state index in [0.29, 0.717) is 18.7 Å². The van der Waals surface area contributed by atoms with Crippen molar-refractivity contribution in [1.82, 2.24) is 10.2 Å². The molecule has 0 aliphatic rings. The van der Waals surface area contributed by atoms with Crippen LogP contribution in [0.5, 0.6) is 0 Å². The van der Waals surface area contributed by atoms with E-state index in [2.05, 4.69) is 19.2 Å². The van der Waals surface area contributed by atoms with Gasteiger partial charge in [-0.1, -0.05) is 94.3 Å². The van der Waals surface area contributed by atoms with Crippen molar-refractivity contribution in [2.24, 2.45) is 0 Å². The van der Waals surface area contributed by atoms with Gasteiger partial charge in [-0.3, -0.25) is 13.9 Å². The topological polar surface area (TPSA) is 86.8 Å².